The van der Waals surface area contributed by atoms with Crippen molar-refractivity contribution in [3.63, 3.8) is 0 Å². The second-order valence-corrected chi connectivity index (χ2v) is 9.59. The van der Waals surface area contributed by atoms with Crippen molar-refractivity contribution in [2.24, 2.45) is 0 Å². The molecule has 0 N–H and O–H groups in total. The number of hydrogen-bond acceptors (Lipinski definition) is 4. The highest BCUT2D eigenvalue weighted by Crippen LogP contribution is 2.40. The van der Waals surface area contributed by atoms with Crippen molar-refractivity contribution in [1.82, 2.24) is 4.90 Å². The first-order chi connectivity index (χ1) is 8.83. The number of fused-ring (bicyclic) bond motifs is 2. The van der Waals surface area contributed by atoms with Crippen LogP contribution in [-0.2, 0) is 4.79 Å². The fraction of sp³-hybridized carbons (Fsp3) is 0.923. The van der Waals surface area contributed by atoms with Crippen LogP contribution in [-0.4, -0.2) is 45.4 Å². The Morgan fingerprint density at radius 2 is 2.28 bits per heavy atom. The predicted molar refractivity (Wildman–Crippen MR) is 83.3 cm³/mol. The Morgan fingerprint density at radius 3 is 2.94 bits per heavy atom. The van der Waals surface area contributed by atoms with Crippen LogP contribution in [0.15, 0.2) is 0 Å². The van der Waals surface area contributed by atoms with E-state index in [4.69, 9.17) is 0 Å². The zero-order chi connectivity index (χ0) is 12.4. The number of likely N-dealkylation sites (tertiary alicyclic amines) is 1. The van der Waals surface area contributed by atoms with Gasteiger partial charge in [-0.1, -0.05) is 28.0 Å². The van der Waals surface area contributed by atoms with Gasteiger partial charge in [0.2, 0.25) is 5.91 Å². The quantitative estimate of drug-likeness (QED) is 0.572. The average Bonchev–Trinajstić information content (AvgIpc) is 3.10. The molecule has 0 aromatic heterocycles. The lowest BCUT2D eigenvalue weighted by molar-refractivity contribution is -0.131. The number of carbonyl (C=O) groups excluding carboxylic acids is 1. The van der Waals surface area contributed by atoms with Gasteiger partial charge in [-0.3, -0.25) is 4.79 Å². The van der Waals surface area contributed by atoms with Crippen LogP contribution in [0.2, 0.25) is 0 Å². The molecule has 3 unspecified atom stereocenters. The van der Waals surface area contributed by atoms with Gasteiger partial charge in [-0.05, 0) is 25.7 Å². The molecule has 3 aliphatic heterocycles. The van der Waals surface area contributed by atoms with Gasteiger partial charge >= 0.3 is 0 Å². The number of rotatable bonds is 5. The van der Waals surface area contributed by atoms with E-state index >= 15 is 0 Å². The molecule has 0 aromatic rings. The Balaban J connectivity index is 1.32. The van der Waals surface area contributed by atoms with Gasteiger partial charge in [0.1, 0.15) is 0 Å². The van der Waals surface area contributed by atoms with Crippen molar-refractivity contribution in [2.75, 3.05) is 18.1 Å². The molecule has 0 aromatic carbocycles. The van der Waals surface area contributed by atoms with E-state index < -0.39 is 0 Å². The third kappa shape index (κ3) is 3.15. The SMILES string of the molecule is O=C(CCCCC1CCSS1)N1CC2CC1CS2. The van der Waals surface area contributed by atoms with Gasteiger partial charge in [0.25, 0.3) is 0 Å². The minimum absolute atomic E-state index is 0.427. The van der Waals surface area contributed by atoms with Gasteiger partial charge in [0.15, 0.2) is 0 Å². The standard InChI is InChI=1S/C13H21NOS3/c15-13(14-8-12-7-10(14)9-16-12)4-2-1-3-11-5-6-17-18-11/h10-12H,1-9H2. The second kappa shape index (κ2) is 6.31. The van der Waals surface area contributed by atoms with Gasteiger partial charge in [-0.2, -0.15) is 11.8 Å². The van der Waals surface area contributed by atoms with Crippen LogP contribution < -0.4 is 0 Å². The van der Waals surface area contributed by atoms with Crippen molar-refractivity contribution in [1.29, 1.82) is 0 Å². The number of nitrogens with zero attached hydrogens (tertiary/aromatic N) is 1. The molecule has 102 valence electrons. The first kappa shape index (κ1) is 13.5. The van der Waals surface area contributed by atoms with Crippen LogP contribution in [0.1, 0.15) is 38.5 Å². The molecule has 3 atom stereocenters. The largest absolute Gasteiger partial charge is 0.338 e. The Kier molecular flexibility index (Phi) is 4.74. The van der Waals surface area contributed by atoms with Crippen molar-refractivity contribution in [3.8, 4) is 0 Å². The van der Waals surface area contributed by atoms with Crippen LogP contribution in [0.3, 0.4) is 0 Å². The third-order valence-electron chi connectivity index (χ3n) is 4.11. The lowest BCUT2D eigenvalue weighted by Crippen LogP contribution is -2.39. The number of amides is 1. The van der Waals surface area contributed by atoms with Crippen LogP contribution in [0, 0.1) is 0 Å². The van der Waals surface area contributed by atoms with E-state index in [2.05, 4.69) is 27.5 Å². The number of hydrogen-bond donors (Lipinski definition) is 0. The number of carbonyl (C=O) groups is 1. The van der Waals surface area contributed by atoms with Crippen LogP contribution in [0.5, 0.6) is 0 Å². The zero-order valence-electron chi connectivity index (χ0n) is 10.7. The molecule has 1 amide bonds. The van der Waals surface area contributed by atoms with Crippen molar-refractivity contribution in [2.45, 2.75) is 55.1 Å². The minimum atomic E-state index is 0.427. The highest BCUT2D eigenvalue weighted by atomic mass is 33.1. The first-order valence-electron chi connectivity index (χ1n) is 7.02. The molecule has 3 fully saturated rings. The first-order valence-corrected chi connectivity index (χ1v) is 10.5. The van der Waals surface area contributed by atoms with Crippen LogP contribution in [0.4, 0.5) is 0 Å². The molecule has 2 bridgehead atoms. The summed E-state index contributed by atoms with van der Waals surface area (Å²) < 4.78 is 0. The fourth-order valence-electron chi connectivity index (χ4n) is 3.06. The normalized spacial score (nSPS) is 34.4. The third-order valence-corrected chi connectivity index (χ3v) is 8.51. The maximum absolute atomic E-state index is 12.1. The summed E-state index contributed by atoms with van der Waals surface area (Å²) in [5.74, 6) is 2.94. The summed E-state index contributed by atoms with van der Waals surface area (Å²) in [6.07, 6.45) is 7.07. The highest BCUT2D eigenvalue weighted by Gasteiger charge is 2.40. The molecule has 0 spiro atoms. The lowest BCUT2D eigenvalue weighted by Gasteiger charge is -2.26. The Labute approximate surface area is 122 Å². The van der Waals surface area contributed by atoms with Crippen molar-refractivity contribution in [3.05, 3.63) is 0 Å². The molecule has 2 nitrogen and oxygen atoms in total. The average molecular weight is 304 g/mol. The van der Waals surface area contributed by atoms with Gasteiger partial charge in [-0.25, -0.2) is 0 Å². The molecule has 0 radical (unpaired) electrons. The molecule has 3 heterocycles. The predicted octanol–water partition coefficient (Wildman–Crippen LogP) is 3.42. The van der Waals surface area contributed by atoms with E-state index in [0.29, 0.717) is 11.9 Å². The van der Waals surface area contributed by atoms with E-state index in [1.807, 2.05) is 10.8 Å². The smallest absolute Gasteiger partial charge is 0.222 e. The molecule has 3 saturated heterocycles. The molecule has 3 aliphatic rings. The Hall–Kier alpha value is 0.520. The monoisotopic (exact) mass is 303 g/mol. The Morgan fingerprint density at radius 1 is 1.33 bits per heavy atom. The maximum Gasteiger partial charge on any atom is 0.222 e. The van der Waals surface area contributed by atoms with Gasteiger partial charge in [0.05, 0.1) is 0 Å². The summed E-state index contributed by atoms with van der Waals surface area (Å²) in [7, 11) is 4.07. The van der Waals surface area contributed by atoms with Gasteiger partial charge in [-0.15, -0.1) is 0 Å². The summed E-state index contributed by atoms with van der Waals surface area (Å²) in [6.45, 7) is 1.03. The molecular formula is C13H21NOS3. The van der Waals surface area contributed by atoms with Gasteiger partial charge < -0.3 is 4.90 Å². The van der Waals surface area contributed by atoms with E-state index in [-0.39, 0.29) is 0 Å². The highest BCUT2D eigenvalue weighted by molar-refractivity contribution is 8.77. The number of thioether (sulfide) groups is 1. The molecule has 18 heavy (non-hydrogen) atoms. The number of unbranched alkanes of at least 4 members (excludes halogenated alkanes) is 1. The molecule has 3 rings (SSSR count). The van der Waals surface area contributed by atoms with E-state index in [1.165, 1.54) is 37.2 Å². The summed E-state index contributed by atoms with van der Waals surface area (Å²) in [6, 6.07) is 0.578. The van der Waals surface area contributed by atoms with Crippen LogP contribution >= 0.6 is 33.3 Å². The van der Waals surface area contributed by atoms with E-state index in [1.54, 1.807) is 0 Å². The van der Waals surface area contributed by atoms with Crippen LogP contribution in [0.25, 0.3) is 0 Å². The molecule has 0 aliphatic carbocycles. The summed E-state index contributed by atoms with van der Waals surface area (Å²) in [4.78, 5) is 14.3. The molecule has 5 heteroatoms. The summed E-state index contributed by atoms with van der Waals surface area (Å²) in [5.41, 5.74) is 0. The lowest BCUT2D eigenvalue weighted by atomic mass is 10.1. The van der Waals surface area contributed by atoms with E-state index in [0.717, 1.165) is 29.9 Å². The molecule has 0 saturated carbocycles. The minimum Gasteiger partial charge on any atom is -0.338 e. The fourth-order valence-corrected chi connectivity index (χ4v) is 7.52. The summed E-state index contributed by atoms with van der Waals surface area (Å²) >= 11 is 2.06. The van der Waals surface area contributed by atoms with Gasteiger partial charge in [0, 0.05) is 41.0 Å². The topological polar surface area (TPSA) is 20.3 Å². The van der Waals surface area contributed by atoms with E-state index in [9.17, 15) is 4.79 Å². The maximum atomic E-state index is 12.1. The second-order valence-electron chi connectivity index (χ2n) is 5.47. The van der Waals surface area contributed by atoms with Crippen molar-refractivity contribution < 1.29 is 4.79 Å². The van der Waals surface area contributed by atoms with Crippen molar-refractivity contribution >= 4 is 39.3 Å². The Bertz CT molecular complexity index is 307. The zero-order valence-corrected chi connectivity index (χ0v) is 13.1. The summed E-state index contributed by atoms with van der Waals surface area (Å²) in [5, 5.41) is 1.62. The molecular weight excluding hydrogens is 282 g/mol.